The molecule has 0 bridgehead atoms. The molecule has 2 atom stereocenters. The third kappa shape index (κ3) is 2.00. The molecule has 100 valence electrons. The fourth-order valence-corrected chi connectivity index (χ4v) is 2.81. The lowest BCUT2D eigenvalue weighted by molar-refractivity contribution is -0.138. The van der Waals surface area contributed by atoms with Crippen molar-refractivity contribution in [1.82, 2.24) is 9.55 Å². The first kappa shape index (κ1) is 12.5. The van der Waals surface area contributed by atoms with Crippen LogP contribution in [0.3, 0.4) is 0 Å². The van der Waals surface area contributed by atoms with Crippen molar-refractivity contribution < 1.29 is 9.90 Å². The van der Waals surface area contributed by atoms with Crippen LogP contribution in [0.4, 0.5) is 0 Å². The Labute approximate surface area is 116 Å². The third-order valence-electron chi connectivity index (χ3n) is 3.63. The number of imidazole rings is 1. The van der Waals surface area contributed by atoms with E-state index >= 15 is 0 Å². The third-order valence-corrected chi connectivity index (χ3v) is 3.87. The maximum absolute atomic E-state index is 11.0. The Morgan fingerprint density at radius 3 is 2.84 bits per heavy atom. The maximum atomic E-state index is 11.0. The van der Waals surface area contributed by atoms with Crippen LogP contribution in [0.25, 0.3) is 11.0 Å². The molecule has 5 heteroatoms. The highest BCUT2D eigenvalue weighted by Crippen LogP contribution is 2.48. The van der Waals surface area contributed by atoms with Crippen LogP contribution in [0.1, 0.15) is 38.1 Å². The van der Waals surface area contributed by atoms with E-state index in [1.807, 2.05) is 18.2 Å². The number of aromatic nitrogens is 2. The highest BCUT2D eigenvalue weighted by atomic mass is 35.5. The van der Waals surface area contributed by atoms with Crippen molar-refractivity contribution in [3.05, 3.63) is 29.0 Å². The summed E-state index contributed by atoms with van der Waals surface area (Å²) in [5, 5.41) is 9.73. The van der Waals surface area contributed by atoms with Gasteiger partial charge in [-0.3, -0.25) is 4.79 Å². The number of benzene rings is 1. The molecular weight excluding hydrogens is 264 g/mol. The molecule has 1 aliphatic carbocycles. The molecule has 0 aliphatic heterocycles. The second-order valence-corrected chi connectivity index (χ2v) is 5.79. The van der Waals surface area contributed by atoms with E-state index in [1.165, 1.54) is 0 Å². The van der Waals surface area contributed by atoms with Crippen LogP contribution in [-0.2, 0) is 4.79 Å². The minimum absolute atomic E-state index is 0.0334. The number of carboxylic acids is 1. The molecule has 3 rings (SSSR count). The van der Waals surface area contributed by atoms with Crippen LogP contribution in [0.15, 0.2) is 18.2 Å². The Kier molecular flexibility index (Phi) is 2.78. The number of fused-ring (bicyclic) bond motifs is 1. The van der Waals surface area contributed by atoms with Gasteiger partial charge in [-0.15, -0.1) is 0 Å². The SMILES string of the molecule is CC(C)n1c(C2CC2C(=O)O)nc2cc(Cl)ccc21. The molecule has 1 aromatic carbocycles. The van der Waals surface area contributed by atoms with Gasteiger partial charge >= 0.3 is 5.97 Å². The highest BCUT2D eigenvalue weighted by molar-refractivity contribution is 6.31. The number of carboxylic acid groups (broad SMARTS) is 1. The van der Waals surface area contributed by atoms with E-state index in [0.717, 1.165) is 16.9 Å². The van der Waals surface area contributed by atoms with Crippen LogP contribution in [0.5, 0.6) is 0 Å². The largest absolute Gasteiger partial charge is 0.481 e. The summed E-state index contributed by atoms with van der Waals surface area (Å²) >= 11 is 5.99. The molecular formula is C14H15ClN2O2. The van der Waals surface area contributed by atoms with Gasteiger partial charge in [0, 0.05) is 17.0 Å². The number of rotatable bonds is 3. The van der Waals surface area contributed by atoms with Crippen LogP contribution in [-0.4, -0.2) is 20.6 Å². The molecule has 4 nitrogen and oxygen atoms in total. The monoisotopic (exact) mass is 278 g/mol. The van der Waals surface area contributed by atoms with Crippen LogP contribution < -0.4 is 0 Å². The smallest absolute Gasteiger partial charge is 0.307 e. The Balaban J connectivity index is 2.13. The van der Waals surface area contributed by atoms with Crippen molar-refractivity contribution in [2.75, 3.05) is 0 Å². The quantitative estimate of drug-likeness (QED) is 0.935. The summed E-state index contributed by atoms with van der Waals surface area (Å²) in [6, 6.07) is 5.87. The fourth-order valence-electron chi connectivity index (χ4n) is 2.65. The van der Waals surface area contributed by atoms with Gasteiger partial charge < -0.3 is 9.67 Å². The molecule has 0 radical (unpaired) electrons. The molecule has 1 fully saturated rings. The fraction of sp³-hybridized carbons (Fsp3) is 0.429. The predicted molar refractivity (Wildman–Crippen MR) is 73.6 cm³/mol. The zero-order valence-corrected chi connectivity index (χ0v) is 11.6. The highest BCUT2D eigenvalue weighted by Gasteiger charge is 2.47. The van der Waals surface area contributed by atoms with E-state index in [-0.39, 0.29) is 17.9 Å². The second kappa shape index (κ2) is 4.23. The first-order valence-electron chi connectivity index (χ1n) is 6.39. The normalized spacial score (nSPS) is 22.1. The van der Waals surface area contributed by atoms with E-state index in [1.54, 1.807) is 0 Å². The van der Waals surface area contributed by atoms with Gasteiger partial charge in [0.15, 0.2) is 0 Å². The lowest BCUT2D eigenvalue weighted by atomic mass is 10.2. The van der Waals surface area contributed by atoms with Gasteiger partial charge in [0.05, 0.1) is 17.0 Å². The molecule has 1 heterocycles. The van der Waals surface area contributed by atoms with Gasteiger partial charge in [-0.2, -0.15) is 0 Å². The second-order valence-electron chi connectivity index (χ2n) is 5.35. The summed E-state index contributed by atoms with van der Waals surface area (Å²) in [7, 11) is 0. The van der Waals surface area contributed by atoms with E-state index in [2.05, 4.69) is 23.4 Å². The van der Waals surface area contributed by atoms with Gasteiger partial charge in [-0.25, -0.2) is 4.98 Å². The molecule has 0 amide bonds. The number of aliphatic carboxylic acids is 1. The minimum atomic E-state index is -0.731. The predicted octanol–water partition coefficient (Wildman–Crippen LogP) is 3.46. The zero-order valence-electron chi connectivity index (χ0n) is 10.8. The molecule has 1 aliphatic rings. The summed E-state index contributed by atoms with van der Waals surface area (Å²) in [4.78, 5) is 15.6. The summed E-state index contributed by atoms with van der Waals surface area (Å²) in [5.74, 6) is -0.110. The number of hydrogen-bond acceptors (Lipinski definition) is 2. The van der Waals surface area contributed by atoms with Crippen molar-refractivity contribution in [3.8, 4) is 0 Å². The summed E-state index contributed by atoms with van der Waals surface area (Å²) in [5.41, 5.74) is 1.86. The molecule has 2 aromatic rings. The van der Waals surface area contributed by atoms with E-state index < -0.39 is 5.97 Å². The summed E-state index contributed by atoms with van der Waals surface area (Å²) < 4.78 is 2.12. The molecule has 1 N–H and O–H groups in total. The molecule has 0 saturated heterocycles. The molecule has 1 aromatic heterocycles. The average molecular weight is 279 g/mol. The first-order valence-corrected chi connectivity index (χ1v) is 6.77. The van der Waals surface area contributed by atoms with E-state index in [4.69, 9.17) is 16.7 Å². The average Bonchev–Trinajstić information content (AvgIpc) is 3.03. The van der Waals surface area contributed by atoms with Gasteiger partial charge in [0.2, 0.25) is 0 Å². The van der Waals surface area contributed by atoms with Gasteiger partial charge in [0.25, 0.3) is 0 Å². The maximum Gasteiger partial charge on any atom is 0.307 e. The van der Waals surface area contributed by atoms with Crippen molar-refractivity contribution in [1.29, 1.82) is 0 Å². The Morgan fingerprint density at radius 1 is 1.53 bits per heavy atom. The molecule has 2 unspecified atom stereocenters. The van der Waals surface area contributed by atoms with Crippen LogP contribution >= 0.6 is 11.6 Å². The molecule has 19 heavy (non-hydrogen) atoms. The number of nitrogens with zero attached hydrogens (tertiary/aromatic N) is 2. The van der Waals surface area contributed by atoms with Crippen LogP contribution in [0.2, 0.25) is 5.02 Å². The first-order chi connectivity index (χ1) is 8.99. The topological polar surface area (TPSA) is 55.1 Å². The van der Waals surface area contributed by atoms with Gasteiger partial charge in [0.1, 0.15) is 5.82 Å². The lowest BCUT2D eigenvalue weighted by Crippen LogP contribution is -2.08. The van der Waals surface area contributed by atoms with Crippen molar-refractivity contribution in [3.63, 3.8) is 0 Å². The number of hydrogen-bond donors (Lipinski definition) is 1. The summed E-state index contributed by atoms with van der Waals surface area (Å²) in [6.07, 6.45) is 0.680. The Hall–Kier alpha value is -1.55. The minimum Gasteiger partial charge on any atom is -0.481 e. The lowest BCUT2D eigenvalue weighted by Gasteiger charge is -2.12. The molecule has 1 saturated carbocycles. The van der Waals surface area contributed by atoms with Crippen molar-refractivity contribution in [2.24, 2.45) is 5.92 Å². The van der Waals surface area contributed by atoms with E-state index in [0.29, 0.717) is 11.4 Å². The zero-order chi connectivity index (χ0) is 13.7. The van der Waals surface area contributed by atoms with Gasteiger partial charge in [-0.1, -0.05) is 11.6 Å². The van der Waals surface area contributed by atoms with E-state index in [9.17, 15) is 4.79 Å². The number of halogens is 1. The Bertz CT molecular complexity index is 663. The summed E-state index contributed by atoms with van der Waals surface area (Å²) in [6.45, 7) is 4.16. The van der Waals surface area contributed by atoms with Crippen molar-refractivity contribution >= 4 is 28.6 Å². The standard InChI is InChI=1S/C14H15ClN2O2/c1-7(2)17-12-4-3-8(15)5-11(12)16-13(17)9-6-10(9)14(18)19/h3-5,7,9-10H,6H2,1-2H3,(H,18,19). The van der Waals surface area contributed by atoms with Gasteiger partial charge in [-0.05, 0) is 38.5 Å². The van der Waals surface area contributed by atoms with Crippen LogP contribution in [0, 0.1) is 5.92 Å². The number of carbonyl (C=O) groups is 1. The van der Waals surface area contributed by atoms with Crippen molar-refractivity contribution in [2.45, 2.75) is 32.2 Å². The molecule has 0 spiro atoms. The Morgan fingerprint density at radius 2 is 2.26 bits per heavy atom.